The third-order valence-electron chi connectivity index (χ3n) is 5.29. The van der Waals surface area contributed by atoms with Gasteiger partial charge in [0.1, 0.15) is 10.6 Å². The summed E-state index contributed by atoms with van der Waals surface area (Å²) in [5.74, 6) is 1.17. The number of ether oxygens (including phenoxy) is 1. The van der Waals surface area contributed by atoms with Crippen molar-refractivity contribution in [2.45, 2.75) is 76.0 Å². The Morgan fingerprint density at radius 2 is 2.04 bits per heavy atom. The van der Waals surface area contributed by atoms with Crippen LogP contribution in [0.4, 0.5) is 5.82 Å². The number of fused-ring (bicyclic) bond motifs is 3. The lowest BCUT2D eigenvalue weighted by atomic mass is 9.90. The molecule has 1 atom stereocenters. The molecule has 2 aliphatic rings. The molecule has 0 saturated carbocycles. The summed E-state index contributed by atoms with van der Waals surface area (Å²) in [6, 6.07) is 0. The minimum Gasteiger partial charge on any atom is -0.369 e. The highest BCUT2D eigenvalue weighted by Gasteiger charge is 2.34. The minimum atomic E-state index is -0.0609. The molecule has 0 aromatic carbocycles. The molecule has 4 heterocycles. The van der Waals surface area contributed by atoms with Gasteiger partial charge in [-0.1, -0.05) is 32.5 Å². The van der Waals surface area contributed by atoms with Crippen LogP contribution in [0.2, 0.25) is 0 Å². The van der Waals surface area contributed by atoms with E-state index in [-0.39, 0.29) is 5.60 Å². The van der Waals surface area contributed by atoms with E-state index in [1.807, 2.05) is 11.3 Å². The van der Waals surface area contributed by atoms with Gasteiger partial charge >= 0.3 is 0 Å². The molecule has 0 spiro atoms. The standard InChI is InChI=1S/C19H27N3OS2/c1-5-19(4)10-13-14(11-23-19)25-17-15(13)16(22-8-6-7-9-22)20-18(21-17)24-12(2)3/h12H,5-11H2,1-4H3/t19-/m1/s1. The summed E-state index contributed by atoms with van der Waals surface area (Å²) in [6.45, 7) is 11.8. The van der Waals surface area contributed by atoms with Crippen molar-refractivity contribution in [3.8, 4) is 0 Å². The number of thioether (sulfide) groups is 1. The second kappa shape index (κ2) is 6.71. The fourth-order valence-corrected chi connectivity index (χ4v) is 5.54. The van der Waals surface area contributed by atoms with E-state index >= 15 is 0 Å². The molecule has 136 valence electrons. The Morgan fingerprint density at radius 3 is 2.72 bits per heavy atom. The molecule has 2 aromatic rings. The van der Waals surface area contributed by atoms with Crippen LogP contribution in [-0.2, 0) is 17.8 Å². The normalized spacial score (nSPS) is 23.6. The molecule has 1 saturated heterocycles. The highest BCUT2D eigenvalue weighted by molar-refractivity contribution is 7.99. The van der Waals surface area contributed by atoms with Crippen molar-refractivity contribution in [2.24, 2.45) is 0 Å². The molecular formula is C19H27N3OS2. The number of rotatable bonds is 4. The monoisotopic (exact) mass is 377 g/mol. The third-order valence-corrected chi connectivity index (χ3v) is 7.26. The lowest BCUT2D eigenvalue weighted by molar-refractivity contribution is -0.0542. The van der Waals surface area contributed by atoms with Crippen LogP contribution >= 0.6 is 23.1 Å². The van der Waals surface area contributed by atoms with E-state index in [1.54, 1.807) is 11.8 Å². The van der Waals surface area contributed by atoms with Crippen LogP contribution < -0.4 is 4.90 Å². The predicted octanol–water partition coefficient (Wildman–Crippen LogP) is 5.03. The van der Waals surface area contributed by atoms with Crippen LogP contribution in [-0.4, -0.2) is 33.9 Å². The van der Waals surface area contributed by atoms with Crippen LogP contribution in [0.1, 0.15) is 57.4 Å². The van der Waals surface area contributed by atoms with E-state index in [0.717, 1.165) is 35.9 Å². The topological polar surface area (TPSA) is 38.2 Å². The molecule has 0 N–H and O–H groups in total. The van der Waals surface area contributed by atoms with Gasteiger partial charge in [-0.3, -0.25) is 0 Å². The molecule has 2 aromatic heterocycles. The van der Waals surface area contributed by atoms with E-state index < -0.39 is 0 Å². The summed E-state index contributed by atoms with van der Waals surface area (Å²) < 4.78 is 6.17. The highest BCUT2D eigenvalue weighted by Crippen LogP contribution is 2.43. The second-order valence-corrected chi connectivity index (χ2v) is 10.3. The molecule has 0 unspecified atom stereocenters. The maximum absolute atomic E-state index is 6.17. The summed E-state index contributed by atoms with van der Waals surface area (Å²) in [4.78, 5) is 14.9. The number of nitrogens with zero attached hydrogens (tertiary/aromatic N) is 3. The van der Waals surface area contributed by atoms with Gasteiger partial charge < -0.3 is 9.64 Å². The summed E-state index contributed by atoms with van der Waals surface area (Å²) in [6.07, 6.45) is 4.53. The van der Waals surface area contributed by atoms with Crippen LogP contribution in [0.15, 0.2) is 5.16 Å². The van der Waals surface area contributed by atoms with Gasteiger partial charge in [0.2, 0.25) is 0 Å². The zero-order valence-corrected chi connectivity index (χ0v) is 17.2. The predicted molar refractivity (Wildman–Crippen MR) is 107 cm³/mol. The van der Waals surface area contributed by atoms with Crippen molar-refractivity contribution in [1.29, 1.82) is 0 Å². The Balaban J connectivity index is 1.87. The lowest BCUT2D eigenvalue weighted by Crippen LogP contribution is -2.34. The van der Waals surface area contributed by atoms with Crippen LogP contribution in [0.3, 0.4) is 0 Å². The molecule has 0 amide bonds. The first-order valence-corrected chi connectivity index (χ1v) is 11.1. The molecule has 0 bridgehead atoms. The minimum absolute atomic E-state index is 0.0609. The quantitative estimate of drug-likeness (QED) is 0.552. The third kappa shape index (κ3) is 3.28. The van der Waals surface area contributed by atoms with Crippen molar-refractivity contribution in [3.05, 3.63) is 10.4 Å². The van der Waals surface area contributed by atoms with E-state index in [0.29, 0.717) is 11.9 Å². The highest BCUT2D eigenvalue weighted by atomic mass is 32.2. The smallest absolute Gasteiger partial charge is 0.191 e. The number of hydrogen-bond acceptors (Lipinski definition) is 6. The lowest BCUT2D eigenvalue weighted by Gasteiger charge is -2.33. The van der Waals surface area contributed by atoms with Gasteiger partial charge in [-0.25, -0.2) is 9.97 Å². The van der Waals surface area contributed by atoms with Crippen molar-refractivity contribution >= 4 is 39.1 Å². The Morgan fingerprint density at radius 1 is 1.28 bits per heavy atom. The number of aromatic nitrogens is 2. The molecule has 2 aliphatic heterocycles. The van der Waals surface area contributed by atoms with Gasteiger partial charge in [-0.05, 0) is 31.7 Å². The van der Waals surface area contributed by atoms with E-state index in [2.05, 4.69) is 32.6 Å². The van der Waals surface area contributed by atoms with Crippen molar-refractivity contribution < 1.29 is 4.74 Å². The van der Waals surface area contributed by atoms with Crippen LogP contribution in [0, 0.1) is 0 Å². The largest absolute Gasteiger partial charge is 0.369 e. The average molecular weight is 378 g/mol. The Labute approximate surface area is 158 Å². The zero-order chi connectivity index (χ0) is 17.6. The fraction of sp³-hybridized carbons (Fsp3) is 0.684. The second-order valence-electron chi connectivity index (χ2n) is 7.64. The maximum atomic E-state index is 6.17. The number of hydrogen-bond donors (Lipinski definition) is 0. The number of thiophene rings is 1. The van der Waals surface area contributed by atoms with Gasteiger partial charge in [-0.15, -0.1) is 11.3 Å². The summed E-state index contributed by atoms with van der Waals surface area (Å²) in [5, 5.41) is 2.71. The summed E-state index contributed by atoms with van der Waals surface area (Å²) in [5.41, 5.74) is 1.38. The van der Waals surface area contributed by atoms with Crippen molar-refractivity contribution in [2.75, 3.05) is 18.0 Å². The molecule has 25 heavy (non-hydrogen) atoms. The van der Waals surface area contributed by atoms with E-state index in [1.165, 1.54) is 34.5 Å². The molecule has 4 nitrogen and oxygen atoms in total. The average Bonchev–Trinajstić information content (AvgIpc) is 3.21. The Bertz CT molecular complexity index is 783. The Kier molecular flexibility index (Phi) is 4.71. The summed E-state index contributed by atoms with van der Waals surface area (Å²) in [7, 11) is 0. The first-order valence-electron chi connectivity index (χ1n) is 9.37. The molecule has 6 heteroatoms. The molecule has 1 fully saturated rings. The van der Waals surface area contributed by atoms with Crippen molar-refractivity contribution in [3.63, 3.8) is 0 Å². The molecule has 4 rings (SSSR count). The Hall–Kier alpha value is -0.850. The number of anilines is 1. The van der Waals surface area contributed by atoms with Crippen LogP contribution in [0.25, 0.3) is 10.2 Å². The maximum Gasteiger partial charge on any atom is 0.191 e. The van der Waals surface area contributed by atoms with Crippen molar-refractivity contribution in [1.82, 2.24) is 9.97 Å². The van der Waals surface area contributed by atoms with Gasteiger partial charge in [0.15, 0.2) is 5.16 Å². The van der Waals surface area contributed by atoms with Gasteiger partial charge in [0.05, 0.1) is 17.6 Å². The van der Waals surface area contributed by atoms with E-state index in [9.17, 15) is 0 Å². The van der Waals surface area contributed by atoms with Gasteiger partial charge in [-0.2, -0.15) is 0 Å². The molecule has 0 aliphatic carbocycles. The molecule has 0 radical (unpaired) electrons. The molecular weight excluding hydrogens is 350 g/mol. The first-order chi connectivity index (χ1) is 12.0. The SMILES string of the molecule is CC[C@]1(C)Cc2c(sc3nc(SC(C)C)nc(N4CCCC4)c23)CO1. The van der Waals surface area contributed by atoms with E-state index in [4.69, 9.17) is 14.7 Å². The zero-order valence-electron chi connectivity index (χ0n) is 15.6. The van der Waals surface area contributed by atoms with Gasteiger partial charge in [0.25, 0.3) is 0 Å². The summed E-state index contributed by atoms with van der Waals surface area (Å²) >= 11 is 3.57. The fourth-order valence-electron chi connectivity index (χ4n) is 3.68. The first kappa shape index (κ1) is 17.6. The van der Waals surface area contributed by atoms with Crippen LogP contribution in [0.5, 0.6) is 0 Å². The van der Waals surface area contributed by atoms with Gasteiger partial charge in [0, 0.05) is 29.6 Å².